The van der Waals surface area contributed by atoms with E-state index >= 15 is 0 Å². The molecule has 0 aliphatic carbocycles. The van der Waals surface area contributed by atoms with Crippen molar-refractivity contribution in [2.24, 2.45) is 7.05 Å². The summed E-state index contributed by atoms with van der Waals surface area (Å²) in [7, 11) is 1.83. The molecule has 176 valence electrons. The van der Waals surface area contributed by atoms with E-state index in [2.05, 4.69) is 38.6 Å². The van der Waals surface area contributed by atoms with Gasteiger partial charge < -0.3 is 9.47 Å². The molecule has 34 heavy (non-hydrogen) atoms. The molecule has 0 unspecified atom stereocenters. The summed E-state index contributed by atoms with van der Waals surface area (Å²) >= 11 is 0. The third-order valence-electron chi connectivity index (χ3n) is 6.59. The minimum absolute atomic E-state index is 0.0131. The predicted octanol–water partition coefficient (Wildman–Crippen LogP) is 3.62. The van der Waals surface area contributed by atoms with Crippen molar-refractivity contribution in [1.82, 2.24) is 24.4 Å². The highest BCUT2D eigenvalue weighted by atomic mass is 19.1. The number of rotatable bonds is 4. The summed E-state index contributed by atoms with van der Waals surface area (Å²) in [5.74, 6) is -0.0290. The van der Waals surface area contributed by atoms with Crippen LogP contribution in [0.1, 0.15) is 31.0 Å². The van der Waals surface area contributed by atoms with Gasteiger partial charge in [-0.3, -0.25) is 9.88 Å². The molecule has 0 bridgehead atoms. The van der Waals surface area contributed by atoms with Crippen LogP contribution in [0.25, 0.3) is 11.2 Å². The second-order valence-electron chi connectivity index (χ2n) is 8.97. The molecular weight excluding hydrogens is 438 g/mol. The number of fused-ring (bicyclic) bond motifs is 1. The van der Waals surface area contributed by atoms with E-state index in [1.807, 2.05) is 7.05 Å². The summed E-state index contributed by atoms with van der Waals surface area (Å²) in [6.45, 7) is 5.47. The summed E-state index contributed by atoms with van der Waals surface area (Å²) in [6, 6.07) is 12.8. The van der Waals surface area contributed by atoms with Gasteiger partial charge in [0.15, 0.2) is 5.82 Å². The number of hydrogen-bond acceptors (Lipinski definition) is 5. The number of aromatic nitrogens is 4. The molecule has 1 aliphatic rings. The largest absolute Gasteiger partial charge is 0.349 e. The number of piperazine rings is 1. The number of benzene rings is 2. The van der Waals surface area contributed by atoms with Crippen LogP contribution in [0.2, 0.25) is 0 Å². The Kier molecular flexibility index (Phi) is 5.65. The molecule has 0 spiro atoms. The Bertz CT molecular complexity index is 1320. The molecule has 1 N–H and O–H groups in total. The molecule has 0 saturated carbocycles. The van der Waals surface area contributed by atoms with Crippen LogP contribution in [0.5, 0.6) is 0 Å². The maximum atomic E-state index is 13.7. The van der Waals surface area contributed by atoms with Gasteiger partial charge in [0.2, 0.25) is 0 Å². The minimum atomic E-state index is -0.413. The van der Waals surface area contributed by atoms with Crippen molar-refractivity contribution in [1.29, 1.82) is 0 Å². The van der Waals surface area contributed by atoms with Gasteiger partial charge in [-0.15, -0.1) is 0 Å². The first-order valence-corrected chi connectivity index (χ1v) is 11.3. The van der Waals surface area contributed by atoms with Crippen LogP contribution in [0.15, 0.2) is 59.7 Å². The maximum absolute atomic E-state index is 13.7. The first kappa shape index (κ1) is 22.2. The average Bonchev–Trinajstić information content (AvgIpc) is 3.18. The highest BCUT2D eigenvalue weighted by molar-refractivity contribution is 5.83. The molecule has 0 amide bonds. The van der Waals surface area contributed by atoms with Gasteiger partial charge in [-0.2, -0.15) is 4.98 Å². The van der Waals surface area contributed by atoms with Gasteiger partial charge >= 0.3 is 5.69 Å². The standard InChI is InChI=1S/C25H26F2N6O/c1-15-13-33(24-21-23(29-25(34)30-24)31(3)14-28-21)16(2)12-32(15)22(17-4-8-19(26)9-5-17)18-6-10-20(27)11-7-18/h4-11,14-16,22H,12-13H2,1-3H3,(H,29,30,34)/t15-,16+/m1/s1. The van der Waals surface area contributed by atoms with E-state index in [1.54, 1.807) is 35.2 Å². The van der Waals surface area contributed by atoms with Crippen LogP contribution in [-0.4, -0.2) is 49.6 Å². The van der Waals surface area contributed by atoms with Gasteiger partial charge in [0.25, 0.3) is 0 Å². The first-order chi connectivity index (χ1) is 16.3. The summed E-state index contributed by atoms with van der Waals surface area (Å²) in [4.78, 5) is 28.2. The SMILES string of the molecule is C[C@@H]1CN(c2nc(=O)[nH]c3c2ncn3C)[C@@H](C)CN1C(c1ccc(F)cc1)c1ccc(F)cc1. The number of H-pyrrole nitrogens is 1. The molecule has 2 aromatic carbocycles. The highest BCUT2D eigenvalue weighted by Crippen LogP contribution is 2.35. The fourth-order valence-electron chi connectivity index (χ4n) is 4.89. The summed E-state index contributed by atoms with van der Waals surface area (Å²) in [5.41, 5.74) is 2.74. The third kappa shape index (κ3) is 3.96. The minimum Gasteiger partial charge on any atom is -0.349 e. The van der Waals surface area contributed by atoms with Crippen LogP contribution in [0.3, 0.4) is 0 Å². The zero-order valence-corrected chi connectivity index (χ0v) is 19.2. The first-order valence-electron chi connectivity index (χ1n) is 11.3. The van der Waals surface area contributed by atoms with Gasteiger partial charge in [-0.1, -0.05) is 24.3 Å². The Labute approximate surface area is 195 Å². The fraction of sp³-hybridized carbons (Fsp3) is 0.320. The van der Waals surface area contributed by atoms with E-state index in [0.29, 0.717) is 30.1 Å². The van der Waals surface area contributed by atoms with Crippen molar-refractivity contribution < 1.29 is 8.78 Å². The van der Waals surface area contributed by atoms with Crippen molar-refractivity contribution in [2.75, 3.05) is 18.0 Å². The van der Waals surface area contributed by atoms with Gasteiger partial charge in [-0.05, 0) is 49.2 Å². The lowest BCUT2D eigenvalue weighted by Gasteiger charge is -2.48. The summed E-state index contributed by atoms with van der Waals surface area (Å²) < 4.78 is 29.1. The Balaban J connectivity index is 1.52. The zero-order valence-electron chi connectivity index (χ0n) is 19.2. The molecule has 0 radical (unpaired) electrons. The smallest absolute Gasteiger partial charge is 0.348 e. The van der Waals surface area contributed by atoms with Crippen molar-refractivity contribution in [3.63, 3.8) is 0 Å². The summed E-state index contributed by atoms with van der Waals surface area (Å²) in [5, 5.41) is 0. The van der Waals surface area contributed by atoms with Gasteiger partial charge in [0.1, 0.15) is 22.8 Å². The predicted molar refractivity (Wildman–Crippen MR) is 127 cm³/mol. The monoisotopic (exact) mass is 464 g/mol. The quantitative estimate of drug-likeness (QED) is 0.500. The number of nitrogens with one attached hydrogen (secondary N) is 1. The molecule has 7 nitrogen and oxygen atoms in total. The van der Waals surface area contributed by atoms with Crippen LogP contribution < -0.4 is 10.6 Å². The van der Waals surface area contributed by atoms with Gasteiger partial charge in [-0.25, -0.2) is 18.6 Å². The Morgan fingerprint density at radius 3 is 2.12 bits per heavy atom. The zero-order chi connectivity index (χ0) is 24.0. The molecule has 1 aliphatic heterocycles. The molecule has 1 saturated heterocycles. The number of hydrogen-bond donors (Lipinski definition) is 1. The van der Waals surface area contributed by atoms with E-state index in [-0.39, 0.29) is 29.8 Å². The number of imidazole rings is 1. The number of nitrogens with zero attached hydrogens (tertiary/aromatic N) is 5. The van der Waals surface area contributed by atoms with Crippen LogP contribution in [0.4, 0.5) is 14.6 Å². The van der Waals surface area contributed by atoms with Crippen molar-refractivity contribution in [3.8, 4) is 0 Å². The van der Waals surface area contributed by atoms with Crippen LogP contribution in [0, 0.1) is 11.6 Å². The molecule has 1 fully saturated rings. The molecule has 5 rings (SSSR count). The number of anilines is 1. The van der Waals surface area contributed by atoms with Crippen molar-refractivity contribution in [3.05, 3.63) is 88.1 Å². The molecule has 4 aromatic rings. The molecule has 2 aromatic heterocycles. The normalized spacial score (nSPS) is 19.3. The molecule has 2 atom stereocenters. The molecule has 3 heterocycles. The van der Waals surface area contributed by atoms with Gasteiger partial charge in [0.05, 0.1) is 12.4 Å². The van der Waals surface area contributed by atoms with Crippen LogP contribution in [-0.2, 0) is 7.05 Å². The van der Waals surface area contributed by atoms with Gasteiger partial charge in [0, 0.05) is 32.2 Å². The number of aromatic amines is 1. The van der Waals surface area contributed by atoms with E-state index < -0.39 is 5.69 Å². The van der Waals surface area contributed by atoms with E-state index in [4.69, 9.17) is 0 Å². The molecular formula is C25H26F2N6O. The number of halogens is 2. The second kappa shape index (κ2) is 8.64. The number of aryl methyl sites for hydroxylation is 1. The Morgan fingerprint density at radius 2 is 1.53 bits per heavy atom. The highest BCUT2D eigenvalue weighted by Gasteiger charge is 2.36. The summed E-state index contributed by atoms with van der Waals surface area (Å²) in [6.07, 6.45) is 1.66. The van der Waals surface area contributed by atoms with Crippen molar-refractivity contribution >= 4 is 17.0 Å². The topological polar surface area (TPSA) is 70.0 Å². The lowest BCUT2D eigenvalue weighted by molar-refractivity contribution is 0.129. The lowest BCUT2D eigenvalue weighted by atomic mass is 9.93. The van der Waals surface area contributed by atoms with E-state index in [0.717, 1.165) is 11.1 Å². The van der Waals surface area contributed by atoms with E-state index in [9.17, 15) is 13.6 Å². The maximum Gasteiger partial charge on any atom is 0.348 e. The van der Waals surface area contributed by atoms with Crippen molar-refractivity contribution in [2.45, 2.75) is 32.0 Å². The van der Waals surface area contributed by atoms with Crippen LogP contribution >= 0.6 is 0 Å². The second-order valence-corrected chi connectivity index (χ2v) is 8.97. The third-order valence-corrected chi connectivity index (χ3v) is 6.59. The van der Waals surface area contributed by atoms with E-state index in [1.165, 1.54) is 24.3 Å². The lowest BCUT2D eigenvalue weighted by Crippen LogP contribution is -2.58. The molecule has 9 heteroatoms. The Morgan fingerprint density at radius 1 is 0.941 bits per heavy atom. The average molecular weight is 465 g/mol. The Hall–Kier alpha value is -3.59. The fourth-order valence-corrected chi connectivity index (χ4v) is 4.89.